The van der Waals surface area contributed by atoms with Gasteiger partial charge in [0.15, 0.2) is 6.26 Å². The number of hydrogen-bond acceptors (Lipinski definition) is 8. The van der Waals surface area contributed by atoms with E-state index in [1.807, 2.05) is 0 Å². The average Bonchev–Trinajstić information content (AvgIpc) is 2.21. The van der Waals surface area contributed by atoms with Crippen LogP contribution in [0.1, 0.15) is 38.2 Å². The Kier molecular flexibility index (Phi) is 4.96. The van der Waals surface area contributed by atoms with Gasteiger partial charge in [-0.25, -0.2) is 9.59 Å². The lowest BCUT2D eigenvalue weighted by atomic mass is 10.1. The zero-order chi connectivity index (χ0) is 16.2. The number of ether oxygens (including phenoxy) is 3. The molecule has 1 rings (SSSR count). The lowest BCUT2D eigenvalue weighted by Gasteiger charge is -2.21. The lowest BCUT2D eigenvalue weighted by Crippen LogP contribution is -2.29. The Morgan fingerprint density at radius 1 is 1.24 bits per heavy atom. The summed E-state index contributed by atoms with van der Waals surface area (Å²) in [6.45, 7) is 9.53. The van der Waals surface area contributed by atoms with Gasteiger partial charge in [-0.1, -0.05) is 6.58 Å². The second-order valence-corrected chi connectivity index (χ2v) is 5.02. The van der Waals surface area contributed by atoms with E-state index in [0.29, 0.717) is 0 Å². The number of rotatable bonds is 5. The third-order valence-corrected chi connectivity index (χ3v) is 1.96. The van der Waals surface area contributed by atoms with E-state index in [1.165, 1.54) is 6.92 Å². The molecule has 8 nitrogen and oxygen atoms in total. The standard InChI is InChI=1S/C13H16O8/c1-7(10(14)9-6-17-21-9)11(15)18-8(2)19-12(16)20-13(3,4)5/h6,8H,1H2,2-5H3. The van der Waals surface area contributed by atoms with Crippen molar-refractivity contribution in [3.8, 4) is 0 Å². The molecule has 21 heavy (non-hydrogen) atoms. The number of Topliss-reactive ketones (excluding diaryl/α,β-unsaturated/α-hetero) is 1. The van der Waals surface area contributed by atoms with Crippen LogP contribution in [-0.4, -0.2) is 29.8 Å². The summed E-state index contributed by atoms with van der Waals surface area (Å²) in [6.07, 6.45) is -1.23. The van der Waals surface area contributed by atoms with E-state index in [9.17, 15) is 14.4 Å². The minimum atomic E-state index is -1.25. The highest BCUT2D eigenvalue weighted by Gasteiger charge is 2.27. The van der Waals surface area contributed by atoms with Gasteiger partial charge in [0, 0.05) is 6.92 Å². The summed E-state index contributed by atoms with van der Waals surface area (Å²) in [5, 5.41) is 0. The molecule has 1 heterocycles. The maximum absolute atomic E-state index is 11.6. The number of hydrogen-bond donors (Lipinski definition) is 0. The van der Waals surface area contributed by atoms with Crippen molar-refractivity contribution in [3.63, 3.8) is 0 Å². The van der Waals surface area contributed by atoms with E-state index in [0.717, 1.165) is 6.26 Å². The number of ketones is 1. The van der Waals surface area contributed by atoms with Crippen molar-refractivity contribution in [2.45, 2.75) is 39.6 Å². The molecule has 0 aliphatic heterocycles. The van der Waals surface area contributed by atoms with Crippen molar-refractivity contribution in [1.29, 1.82) is 0 Å². The van der Waals surface area contributed by atoms with Gasteiger partial charge in [-0.3, -0.25) is 13.9 Å². The molecule has 0 radical (unpaired) electrons. The molecule has 0 aliphatic carbocycles. The van der Waals surface area contributed by atoms with Gasteiger partial charge >= 0.3 is 12.1 Å². The summed E-state index contributed by atoms with van der Waals surface area (Å²) in [4.78, 5) is 34.5. The molecule has 0 bridgehead atoms. The number of carbonyl (C=O) groups is 3. The smallest absolute Gasteiger partial charge is 0.428 e. The third kappa shape index (κ3) is 5.17. The summed E-state index contributed by atoms with van der Waals surface area (Å²) >= 11 is 0. The normalized spacial score (nSPS) is 12.4. The fraction of sp³-hybridized carbons (Fsp3) is 0.462. The molecule has 1 atom stereocenters. The fourth-order valence-electron chi connectivity index (χ4n) is 1.08. The lowest BCUT2D eigenvalue weighted by molar-refractivity contribution is -0.164. The predicted molar refractivity (Wildman–Crippen MR) is 67.3 cm³/mol. The van der Waals surface area contributed by atoms with Crippen LogP contribution in [0.4, 0.5) is 4.79 Å². The molecule has 0 spiro atoms. The summed E-state index contributed by atoms with van der Waals surface area (Å²) < 4.78 is 22.8. The maximum Gasteiger partial charge on any atom is 0.511 e. The van der Waals surface area contributed by atoms with Crippen molar-refractivity contribution in [1.82, 2.24) is 0 Å². The van der Waals surface area contributed by atoms with Crippen LogP contribution in [0, 0.1) is 0 Å². The van der Waals surface area contributed by atoms with Gasteiger partial charge in [-0.15, -0.1) is 0 Å². The van der Waals surface area contributed by atoms with E-state index in [1.54, 1.807) is 20.8 Å². The van der Waals surface area contributed by atoms with E-state index in [2.05, 4.69) is 15.7 Å². The zero-order valence-corrected chi connectivity index (χ0v) is 12.1. The quantitative estimate of drug-likeness (QED) is 0.155. The Bertz CT molecular complexity index is 533. The van der Waals surface area contributed by atoms with Gasteiger partial charge in [0.05, 0.1) is 0 Å². The molecule has 8 heteroatoms. The minimum Gasteiger partial charge on any atom is -0.428 e. The SMILES string of the molecule is C=C(C(=O)OC(C)OC(=O)OC(C)(C)C)C(=O)c1coo1. The van der Waals surface area contributed by atoms with Crippen molar-refractivity contribution in [2.24, 2.45) is 0 Å². The largest absolute Gasteiger partial charge is 0.511 e. The molecule has 0 fully saturated rings. The molecular formula is C13H16O8. The number of esters is 1. The summed E-state index contributed by atoms with van der Waals surface area (Å²) in [5.74, 6) is -2.00. The Morgan fingerprint density at radius 3 is 2.24 bits per heavy atom. The van der Waals surface area contributed by atoms with Crippen LogP contribution in [0.5, 0.6) is 0 Å². The predicted octanol–water partition coefficient (Wildman–Crippen LogP) is 2.45. The van der Waals surface area contributed by atoms with Crippen LogP contribution in [0.3, 0.4) is 0 Å². The first-order valence-corrected chi connectivity index (χ1v) is 5.98. The first-order chi connectivity index (χ1) is 9.60. The first-order valence-electron chi connectivity index (χ1n) is 5.98. The fourth-order valence-corrected chi connectivity index (χ4v) is 1.08. The minimum absolute atomic E-state index is 0.169. The van der Waals surface area contributed by atoms with Gasteiger partial charge in [0.2, 0.25) is 12.1 Å². The van der Waals surface area contributed by atoms with Crippen molar-refractivity contribution < 1.29 is 37.7 Å². The zero-order valence-electron chi connectivity index (χ0n) is 12.1. The van der Waals surface area contributed by atoms with Crippen LogP contribution in [0.25, 0.3) is 0 Å². The van der Waals surface area contributed by atoms with Gasteiger partial charge < -0.3 is 14.2 Å². The Labute approximate surface area is 120 Å². The molecule has 0 N–H and O–H groups in total. The van der Waals surface area contributed by atoms with Crippen molar-refractivity contribution in [3.05, 3.63) is 24.2 Å². The molecular weight excluding hydrogens is 284 g/mol. The van der Waals surface area contributed by atoms with Crippen LogP contribution in [-0.2, 0) is 19.0 Å². The maximum atomic E-state index is 11.6. The number of carbonyl (C=O) groups excluding carboxylic acids is 3. The monoisotopic (exact) mass is 300 g/mol. The molecule has 1 aromatic heterocycles. The second-order valence-electron chi connectivity index (χ2n) is 5.02. The highest BCUT2D eigenvalue weighted by atomic mass is 17.0. The summed E-state index contributed by atoms with van der Waals surface area (Å²) in [6, 6.07) is 0. The Balaban J connectivity index is 2.46. The van der Waals surface area contributed by atoms with Crippen LogP contribution >= 0.6 is 0 Å². The topological polar surface area (TPSA) is 105 Å². The van der Waals surface area contributed by atoms with Crippen molar-refractivity contribution >= 4 is 17.9 Å². The van der Waals surface area contributed by atoms with Crippen LogP contribution in [0.15, 0.2) is 27.6 Å². The van der Waals surface area contributed by atoms with Gasteiger partial charge in [0.1, 0.15) is 11.2 Å². The third-order valence-electron chi connectivity index (χ3n) is 1.96. The molecule has 0 amide bonds. The van der Waals surface area contributed by atoms with E-state index in [4.69, 9.17) is 14.2 Å². The molecule has 0 aliphatic rings. The van der Waals surface area contributed by atoms with Crippen LogP contribution in [0.2, 0.25) is 0 Å². The van der Waals surface area contributed by atoms with E-state index < -0.39 is 35.4 Å². The second kappa shape index (κ2) is 6.29. The van der Waals surface area contributed by atoms with Crippen molar-refractivity contribution in [2.75, 3.05) is 0 Å². The van der Waals surface area contributed by atoms with Gasteiger partial charge in [-0.05, 0) is 20.8 Å². The molecule has 0 aromatic carbocycles. The Hall–Kier alpha value is -2.51. The molecule has 0 saturated carbocycles. The highest BCUT2D eigenvalue weighted by molar-refractivity contribution is 6.22. The van der Waals surface area contributed by atoms with Crippen LogP contribution < -0.4 is 0 Å². The highest BCUT2D eigenvalue weighted by Crippen LogP contribution is 2.13. The molecule has 1 aromatic rings. The van der Waals surface area contributed by atoms with Gasteiger partial charge in [-0.2, -0.15) is 0 Å². The van der Waals surface area contributed by atoms with E-state index in [-0.39, 0.29) is 5.76 Å². The summed E-state index contributed by atoms with van der Waals surface area (Å²) in [7, 11) is 0. The average molecular weight is 300 g/mol. The molecule has 0 saturated heterocycles. The van der Waals surface area contributed by atoms with E-state index >= 15 is 0 Å². The first kappa shape index (κ1) is 16.5. The Morgan fingerprint density at radius 2 is 1.81 bits per heavy atom. The summed E-state index contributed by atoms with van der Waals surface area (Å²) in [5.41, 5.74) is -1.22. The van der Waals surface area contributed by atoms with Gasteiger partial charge in [0.25, 0.3) is 5.76 Å². The molecule has 1 unspecified atom stereocenters. The molecule has 116 valence electrons.